The Morgan fingerprint density at radius 2 is 2.12 bits per heavy atom. The normalized spacial score (nSPS) is 28.1. The third-order valence-corrected chi connectivity index (χ3v) is 3.12. The summed E-state index contributed by atoms with van der Waals surface area (Å²) in [5.74, 6) is 0. The molecule has 2 nitrogen and oxygen atoms in total. The SMILES string of the molecule is C=C(CN1CCCC(C)(OC)C1)[B-](F)(F)F. The fourth-order valence-corrected chi connectivity index (χ4v) is 2.00. The molecule has 0 amide bonds. The van der Waals surface area contributed by atoms with E-state index in [1.807, 2.05) is 6.92 Å². The summed E-state index contributed by atoms with van der Waals surface area (Å²) in [5, 5.41) is 0. The molecule has 1 fully saturated rings. The van der Waals surface area contributed by atoms with E-state index in [9.17, 15) is 12.9 Å². The summed E-state index contributed by atoms with van der Waals surface area (Å²) in [7, 11) is 1.60. The number of methoxy groups -OCH3 is 1. The van der Waals surface area contributed by atoms with E-state index in [4.69, 9.17) is 4.74 Å². The van der Waals surface area contributed by atoms with Gasteiger partial charge in [-0.25, -0.2) is 0 Å². The van der Waals surface area contributed by atoms with Gasteiger partial charge in [0.15, 0.2) is 0 Å². The lowest BCUT2D eigenvalue weighted by Gasteiger charge is -2.40. The van der Waals surface area contributed by atoms with Crippen LogP contribution in [0, 0.1) is 0 Å². The summed E-state index contributed by atoms with van der Waals surface area (Å²) < 4.78 is 42.5. The smallest absolute Gasteiger partial charge is 0.445 e. The number of piperidine rings is 1. The Labute approximate surface area is 94.5 Å². The zero-order valence-corrected chi connectivity index (χ0v) is 9.81. The number of hydrogen-bond acceptors (Lipinski definition) is 2. The minimum Gasteiger partial charge on any atom is -0.445 e. The van der Waals surface area contributed by atoms with Crippen LogP contribution < -0.4 is 0 Å². The van der Waals surface area contributed by atoms with E-state index in [2.05, 4.69) is 6.58 Å². The van der Waals surface area contributed by atoms with Crippen molar-refractivity contribution >= 4 is 6.98 Å². The molecule has 1 saturated heterocycles. The second-order valence-electron chi connectivity index (χ2n) is 4.70. The molecule has 6 heteroatoms. The number of rotatable bonds is 4. The zero-order chi connectivity index (χ0) is 12.4. The van der Waals surface area contributed by atoms with Crippen LogP contribution in [0.4, 0.5) is 12.9 Å². The molecule has 0 saturated carbocycles. The maximum atomic E-state index is 12.4. The molecule has 1 aliphatic heterocycles. The summed E-state index contributed by atoms with van der Waals surface area (Å²) in [6.45, 7) is 1.26. The number of hydrogen-bond donors (Lipinski definition) is 0. The van der Waals surface area contributed by atoms with Gasteiger partial charge in [-0.3, -0.25) is 4.90 Å². The molecule has 1 heterocycles. The van der Waals surface area contributed by atoms with Crippen molar-refractivity contribution in [2.45, 2.75) is 25.4 Å². The van der Waals surface area contributed by atoms with Crippen LogP contribution >= 0.6 is 0 Å². The van der Waals surface area contributed by atoms with Gasteiger partial charge in [0.1, 0.15) is 0 Å². The summed E-state index contributed by atoms with van der Waals surface area (Å²) in [5.41, 5.74) is -0.947. The van der Waals surface area contributed by atoms with Crippen molar-refractivity contribution in [2.24, 2.45) is 0 Å². The Balaban J connectivity index is 2.53. The van der Waals surface area contributed by atoms with Gasteiger partial charge in [-0.15, -0.1) is 12.1 Å². The molecule has 0 N–H and O–H groups in total. The molecule has 0 aromatic rings. The minimum absolute atomic E-state index is 0.0948. The van der Waals surface area contributed by atoms with Gasteiger partial charge < -0.3 is 17.7 Å². The topological polar surface area (TPSA) is 12.5 Å². The van der Waals surface area contributed by atoms with Crippen LogP contribution in [-0.2, 0) is 4.74 Å². The second-order valence-corrected chi connectivity index (χ2v) is 4.70. The third kappa shape index (κ3) is 3.52. The lowest BCUT2D eigenvalue weighted by molar-refractivity contribution is -0.0483. The molecule has 16 heavy (non-hydrogen) atoms. The van der Waals surface area contributed by atoms with Crippen LogP contribution in [0.15, 0.2) is 12.1 Å². The first-order valence-electron chi connectivity index (χ1n) is 5.42. The maximum Gasteiger partial charge on any atom is 0.506 e. The van der Waals surface area contributed by atoms with E-state index >= 15 is 0 Å². The van der Waals surface area contributed by atoms with Crippen molar-refractivity contribution in [2.75, 3.05) is 26.7 Å². The number of nitrogens with zero attached hydrogens (tertiary/aromatic N) is 1. The average Bonchev–Trinajstić information content (AvgIpc) is 2.16. The van der Waals surface area contributed by atoms with Crippen LogP contribution in [0.25, 0.3) is 0 Å². The van der Waals surface area contributed by atoms with Crippen LogP contribution in [0.3, 0.4) is 0 Å². The molecular formula is C10H18BF3NO-. The predicted octanol–water partition coefficient (Wildman–Crippen LogP) is 2.43. The molecule has 1 aliphatic rings. The first-order valence-corrected chi connectivity index (χ1v) is 5.42. The van der Waals surface area contributed by atoms with Crippen molar-refractivity contribution in [3.63, 3.8) is 0 Å². The Morgan fingerprint density at radius 3 is 2.62 bits per heavy atom. The Bertz CT molecular complexity index is 269. The highest BCUT2D eigenvalue weighted by atomic mass is 19.4. The number of ether oxygens (including phenoxy) is 1. The van der Waals surface area contributed by atoms with Crippen molar-refractivity contribution in [3.8, 4) is 0 Å². The van der Waals surface area contributed by atoms with Gasteiger partial charge in [0.2, 0.25) is 0 Å². The molecule has 0 radical (unpaired) electrons. The van der Waals surface area contributed by atoms with Crippen molar-refractivity contribution in [3.05, 3.63) is 12.1 Å². The molecule has 0 aliphatic carbocycles. The summed E-state index contributed by atoms with van der Waals surface area (Å²) in [6.07, 6.45) is 1.76. The largest absolute Gasteiger partial charge is 0.506 e. The summed E-state index contributed by atoms with van der Waals surface area (Å²) >= 11 is 0. The third-order valence-electron chi connectivity index (χ3n) is 3.12. The second kappa shape index (κ2) is 4.79. The minimum atomic E-state index is -4.92. The highest BCUT2D eigenvalue weighted by molar-refractivity contribution is 6.66. The molecule has 0 spiro atoms. The van der Waals surface area contributed by atoms with Crippen molar-refractivity contribution in [1.82, 2.24) is 4.90 Å². The van der Waals surface area contributed by atoms with Crippen LogP contribution in [-0.4, -0.2) is 44.2 Å². The Kier molecular flexibility index (Phi) is 4.07. The van der Waals surface area contributed by atoms with Crippen molar-refractivity contribution < 1.29 is 17.7 Å². The molecule has 94 valence electrons. The molecule has 0 aromatic carbocycles. The van der Waals surface area contributed by atoms with E-state index in [-0.39, 0.29) is 12.1 Å². The molecule has 0 bridgehead atoms. The van der Waals surface area contributed by atoms with Gasteiger partial charge in [-0.05, 0) is 32.9 Å². The number of likely N-dealkylation sites (tertiary alicyclic amines) is 1. The van der Waals surface area contributed by atoms with Crippen LogP contribution in [0.2, 0.25) is 0 Å². The summed E-state index contributed by atoms with van der Waals surface area (Å²) in [4.78, 5) is 1.77. The van der Waals surface area contributed by atoms with Gasteiger partial charge >= 0.3 is 6.98 Å². The molecule has 0 aromatic heterocycles. The highest BCUT2D eigenvalue weighted by Gasteiger charge is 2.33. The Morgan fingerprint density at radius 1 is 1.50 bits per heavy atom. The van der Waals surface area contributed by atoms with Crippen LogP contribution in [0.5, 0.6) is 0 Å². The summed E-state index contributed by atoms with van der Waals surface area (Å²) in [6, 6.07) is 0. The fourth-order valence-electron chi connectivity index (χ4n) is 2.00. The lowest BCUT2D eigenvalue weighted by Crippen LogP contribution is -2.48. The molecule has 1 unspecified atom stereocenters. The number of halogens is 3. The van der Waals surface area contributed by atoms with E-state index in [0.717, 1.165) is 12.8 Å². The fraction of sp³-hybridized carbons (Fsp3) is 0.800. The standard InChI is InChI=1S/C10H18BF3NO/c1-9(11(12,13)14)7-15-6-4-5-10(2,8-15)16-3/h1,4-8H2,2-3H3/q-1. The first-order chi connectivity index (χ1) is 7.27. The zero-order valence-electron chi connectivity index (χ0n) is 9.81. The van der Waals surface area contributed by atoms with E-state index in [0.29, 0.717) is 13.1 Å². The lowest BCUT2D eigenvalue weighted by atomic mass is 9.79. The van der Waals surface area contributed by atoms with Crippen LogP contribution in [0.1, 0.15) is 19.8 Å². The average molecular weight is 236 g/mol. The Hall–Kier alpha value is -0.485. The molecule has 1 atom stereocenters. The van der Waals surface area contributed by atoms with Gasteiger partial charge in [-0.1, -0.05) is 0 Å². The quantitative estimate of drug-likeness (QED) is 0.695. The van der Waals surface area contributed by atoms with Gasteiger partial charge in [0.05, 0.1) is 5.60 Å². The van der Waals surface area contributed by atoms with Gasteiger partial charge in [0, 0.05) is 13.7 Å². The maximum absolute atomic E-state index is 12.4. The van der Waals surface area contributed by atoms with Gasteiger partial charge in [0.25, 0.3) is 0 Å². The van der Waals surface area contributed by atoms with E-state index in [1.54, 1.807) is 12.0 Å². The first kappa shape index (κ1) is 13.6. The monoisotopic (exact) mass is 236 g/mol. The highest BCUT2D eigenvalue weighted by Crippen LogP contribution is 2.26. The molecular weight excluding hydrogens is 218 g/mol. The predicted molar refractivity (Wildman–Crippen MR) is 59.3 cm³/mol. The van der Waals surface area contributed by atoms with Gasteiger partial charge in [-0.2, -0.15) is 0 Å². The van der Waals surface area contributed by atoms with E-state index in [1.165, 1.54) is 0 Å². The van der Waals surface area contributed by atoms with Crippen molar-refractivity contribution in [1.29, 1.82) is 0 Å². The molecule has 1 rings (SSSR count). The van der Waals surface area contributed by atoms with E-state index < -0.39 is 12.4 Å².